The molecule has 2 N–H and O–H groups in total. The van der Waals surface area contributed by atoms with Gasteiger partial charge in [0.25, 0.3) is 0 Å². The maximum absolute atomic E-state index is 8.83. The van der Waals surface area contributed by atoms with E-state index in [-0.39, 0.29) is 12.6 Å². The van der Waals surface area contributed by atoms with Crippen LogP contribution in [0.3, 0.4) is 0 Å². The summed E-state index contributed by atoms with van der Waals surface area (Å²) in [7, 11) is 0. The van der Waals surface area contributed by atoms with Crippen LogP contribution in [0.15, 0.2) is 18.2 Å². The molecule has 0 spiro atoms. The second kappa shape index (κ2) is 8.00. The average Bonchev–Trinajstić information content (AvgIpc) is 2.37. The fourth-order valence-corrected chi connectivity index (χ4v) is 2.31. The summed E-state index contributed by atoms with van der Waals surface area (Å²) in [5.41, 5.74) is 1.16. The first-order chi connectivity index (χ1) is 8.58. The number of rotatable bonds is 7. The minimum atomic E-state index is 0.246. The molecule has 0 radical (unpaired) electrons. The van der Waals surface area contributed by atoms with E-state index in [0.29, 0.717) is 16.1 Å². The molecule has 0 aliphatic heterocycles. The Hall–Kier alpha value is -0.280. The fraction of sp³-hybridized carbons (Fsp3) is 0.571. The van der Waals surface area contributed by atoms with Crippen molar-refractivity contribution in [2.45, 2.75) is 45.2 Å². The van der Waals surface area contributed by atoms with Gasteiger partial charge in [-0.2, -0.15) is 0 Å². The van der Waals surface area contributed by atoms with Crippen molar-refractivity contribution in [2.75, 3.05) is 6.61 Å². The fourth-order valence-electron chi connectivity index (χ4n) is 2.00. The monoisotopic (exact) mass is 289 g/mol. The summed E-state index contributed by atoms with van der Waals surface area (Å²) in [5, 5.41) is 13.6. The number of hydrogen-bond donors (Lipinski definition) is 2. The lowest BCUT2D eigenvalue weighted by molar-refractivity contribution is 0.273. The van der Waals surface area contributed by atoms with Crippen LogP contribution in [0, 0.1) is 0 Å². The standard InChI is InChI=1S/C14H21Cl2NO/c1-3-14(17-10(2)5-4-8-18)11-6-7-12(15)13(16)9-11/h6-7,9-10,14,17-18H,3-5,8H2,1-2H3. The van der Waals surface area contributed by atoms with Crippen molar-refractivity contribution in [3.63, 3.8) is 0 Å². The number of hydrogen-bond acceptors (Lipinski definition) is 2. The molecule has 2 nitrogen and oxygen atoms in total. The molecule has 1 aromatic carbocycles. The molecule has 102 valence electrons. The molecular weight excluding hydrogens is 269 g/mol. The van der Waals surface area contributed by atoms with Crippen molar-refractivity contribution in [3.05, 3.63) is 33.8 Å². The highest BCUT2D eigenvalue weighted by Crippen LogP contribution is 2.27. The molecule has 2 unspecified atom stereocenters. The predicted octanol–water partition coefficient (Wildman–Crippen LogP) is 4.20. The molecule has 0 saturated carbocycles. The van der Waals surface area contributed by atoms with Gasteiger partial charge in [0.2, 0.25) is 0 Å². The molecule has 0 aliphatic rings. The van der Waals surface area contributed by atoms with Crippen LogP contribution in [0.25, 0.3) is 0 Å². The van der Waals surface area contributed by atoms with E-state index in [1.807, 2.05) is 18.2 Å². The zero-order valence-corrected chi connectivity index (χ0v) is 12.4. The maximum atomic E-state index is 8.83. The van der Waals surface area contributed by atoms with Gasteiger partial charge in [-0.15, -0.1) is 0 Å². The Labute approximate surface area is 119 Å². The summed E-state index contributed by atoms with van der Waals surface area (Å²) in [6.07, 6.45) is 2.78. The Kier molecular flexibility index (Phi) is 7.02. The molecule has 2 atom stereocenters. The van der Waals surface area contributed by atoms with Gasteiger partial charge in [0, 0.05) is 18.7 Å². The smallest absolute Gasteiger partial charge is 0.0595 e. The van der Waals surface area contributed by atoms with Crippen LogP contribution in [0.1, 0.15) is 44.7 Å². The highest BCUT2D eigenvalue weighted by Gasteiger charge is 2.13. The first kappa shape index (κ1) is 15.8. The minimum Gasteiger partial charge on any atom is -0.396 e. The summed E-state index contributed by atoms with van der Waals surface area (Å²) in [6.45, 7) is 4.52. The third-order valence-corrected chi connectivity index (χ3v) is 3.77. The number of nitrogens with one attached hydrogen (secondary N) is 1. The molecule has 1 aromatic rings. The van der Waals surface area contributed by atoms with Gasteiger partial charge in [-0.1, -0.05) is 36.2 Å². The molecule has 4 heteroatoms. The van der Waals surface area contributed by atoms with Gasteiger partial charge in [-0.25, -0.2) is 0 Å². The molecule has 1 rings (SSSR count). The van der Waals surface area contributed by atoms with E-state index >= 15 is 0 Å². The van der Waals surface area contributed by atoms with Gasteiger partial charge in [-0.05, 0) is 43.9 Å². The average molecular weight is 290 g/mol. The molecule has 0 heterocycles. The molecule has 18 heavy (non-hydrogen) atoms. The molecule has 0 aliphatic carbocycles. The molecule has 0 bridgehead atoms. The third-order valence-electron chi connectivity index (χ3n) is 3.04. The SMILES string of the molecule is CCC(NC(C)CCCO)c1ccc(Cl)c(Cl)c1. The summed E-state index contributed by atoms with van der Waals surface area (Å²) in [4.78, 5) is 0. The van der Waals surface area contributed by atoms with Crippen molar-refractivity contribution < 1.29 is 5.11 Å². The van der Waals surface area contributed by atoms with Crippen LogP contribution < -0.4 is 5.32 Å². The van der Waals surface area contributed by atoms with Crippen LogP contribution >= 0.6 is 23.2 Å². The Balaban J connectivity index is 2.67. The number of aliphatic hydroxyl groups excluding tert-OH is 1. The van der Waals surface area contributed by atoms with E-state index in [0.717, 1.165) is 24.8 Å². The number of aliphatic hydroxyl groups is 1. The van der Waals surface area contributed by atoms with Gasteiger partial charge in [0.1, 0.15) is 0 Å². The van der Waals surface area contributed by atoms with Gasteiger partial charge in [0.15, 0.2) is 0 Å². The summed E-state index contributed by atoms with van der Waals surface area (Å²) in [6, 6.07) is 6.41. The molecule has 0 aromatic heterocycles. The quantitative estimate of drug-likeness (QED) is 0.789. The van der Waals surface area contributed by atoms with Crippen LogP contribution in [0.5, 0.6) is 0 Å². The second-order valence-corrected chi connectivity index (χ2v) is 5.38. The largest absolute Gasteiger partial charge is 0.396 e. The van der Waals surface area contributed by atoms with E-state index < -0.39 is 0 Å². The van der Waals surface area contributed by atoms with Crippen LogP contribution in [0.2, 0.25) is 10.0 Å². The molecule has 0 fully saturated rings. The van der Waals surface area contributed by atoms with Crippen LogP contribution in [-0.2, 0) is 0 Å². The summed E-state index contributed by atoms with van der Waals surface area (Å²) < 4.78 is 0. The molecular formula is C14H21Cl2NO. The first-order valence-corrected chi connectivity index (χ1v) is 7.16. The highest BCUT2D eigenvalue weighted by atomic mass is 35.5. The zero-order chi connectivity index (χ0) is 13.5. The Morgan fingerprint density at radius 2 is 2.00 bits per heavy atom. The normalized spacial score (nSPS) is 14.5. The lowest BCUT2D eigenvalue weighted by Crippen LogP contribution is -2.30. The van der Waals surface area contributed by atoms with Crippen LogP contribution in [-0.4, -0.2) is 17.8 Å². The van der Waals surface area contributed by atoms with Crippen molar-refractivity contribution >= 4 is 23.2 Å². The van der Waals surface area contributed by atoms with Crippen molar-refractivity contribution in [1.29, 1.82) is 0 Å². The number of benzene rings is 1. The lowest BCUT2D eigenvalue weighted by atomic mass is 10.0. The van der Waals surface area contributed by atoms with E-state index in [4.69, 9.17) is 28.3 Å². The molecule has 0 saturated heterocycles. The van der Waals surface area contributed by atoms with Crippen molar-refractivity contribution in [3.8, 4) is 0 Å². The Morgan fingerprint density at radius 1 is 1.28 bits per heavy atom. The summed E-state index contributed by atoms with van der Waals surface area (Å²) in [5.74, 6) is 0. The van der Waals surface area contributed by atoms with Gasteiger partial charge in [-0.3, -0.25) is 0 Å². The lowest BCUT2D eigenvalue weighted by Gasteiger charge is -2.23. The maximum Gasteiger partial charge on any atom is 0.0595 e. The summed E-state index contributed by atoms with van der Waals surface area (Å²) >= 11 is 12.0. The topological polar surface area (TPSA) is 32.3 Å². The van der Waals surface area contributed by atoms with Crippen LogP contribution in [0.4, 0.5) is 0 Å². The van der Waals surface area contributed by atoms with Gasteiger partial charge >= 0.3 is 0 Å². The minimum absolute atomic E-state index is 0.246. The van der Waals surface area contributed by atoms with E-state index in [9.17, 15) is 0 Å². The Morgan fingerprint density at radius 3 is 2.56 bits per heavy atom. The highest BCUT2D eigenvalue weighted by molar-refractivity contribution is 6.42. The first-order valence-electron chi connectivity index (χ1n) is 6.40. The molecule has 0 amide bonds. The zero-order valence-electron chi connectivity index (χ0n) is 10.9. The van der Waals surface area contributed by atoms with Crippen molar-refractivity contribution in [1.82, 2.24) is 5.32 Å². The van der Waals surface area contributed by atoms with Crippen molar-refractivity contribution in [2.24, 2.45) is 0 Å². The number of halogens is 2. The van der Waals surface area contributed by atoms with Gasteiger partial charge in [0.05, 0.1) is 10.0 Å². The van der Waals surface area contributed by atoms with E-state index in [1.54, 1.807) is 0 Å². The van der Waals surface area contributed by atoms with E-state index in [1.165, 1.54) is 0 Å². The predicted molar refractivity (Wildman–Crippen MR) is 78.4 cm³/mol. The van der Waals surface area contributed by atoms with E-state index in [2.05, 4.69) is 19.2 Å². The second-order valence-electron chi connectivity index (χ2n) is 4.57. The Bertz CT molecular complexity index is 371. The van der Waals surface area contributed by atoms with Gasteiger partial charge < -0.3 is 10.4 Å². The third kappa shape index (κ3) is 4.77.